The molecule has 9 heteroatoms. The second-order valence-electron chi connectivity index (χ2n) is 15.0. The first-order valence-electron chi connectivity index (χ1n) is 20.1. The Morgan fingerprint density at radius 3 is 1.54 bits per heavy atom. The Morgan fingerprint density at radius 2 is 1.10 bits per heavy atom. The highest BCUT2D eigenvalue weighted by Crippen LogP contribution is 2.43. The van der Waals surface area contributed by atoms with Crippen LogP contribution in [-0.4, -0.2) is 73.4 Å². The van der Waals surface area contributed by atoms with Gasteiger partial charge in [0, 0.05) is 6.42 Å². The standard InChI is InChI=1S/C39H79N2O6P/c1-6-8-10-12-14-16-18-19-20-21-22-23-24-26-28-30-32-38(42)37(36-47-48(44,45)46-35-34-41(3,4)5)40-39(43)33-31-29-27-25-17-15-13-11-9-7-2/h30,32,37-38,42H,6-29,31,33-36H2,1-5H3,(H-,40,43,44,45)/p+1/b32-30+/t37-,38+/m1/s1. The molecule has 0 aromatic heterocycles. The van der Waals surface area contributed by atoms with Crippen molar-refractivity contribution in [1.82, 2.24) is 5.32 Å². The number of nitrogens with zero attached hydrogens (tertiary/aromatic N) is 1. The number of carbonyl (C=O) groups excluding carboxylic acids is 1. The van der Waals surface area contributed by atoms with E-state index in [1.54, 1.807) is 6.08 Å². The number of aliphatic hydroxyl groups is 1. The monoisotopic (exact) mass is 704 g/mol. The van der Waals surface area contributed by atoms with E-state index in [1.807, 2.05) is 27.2 Å². The minimum absolute atomic E-state index is 0.0642. The average Bonchev–Trinajstić information content (AvgIpc) is 3.02. The minimum Gasteiger partial charge on any atom is -0.387 e. The van der Waals surface area contributed by atoms with Gasteiger partial charge in [0.15, 0.2) is 0 Å². The molecule has 1 unspecified atom stereocenters. The molecule has 0 aromatic rings. The van der Waals surface area contributed by atoms with E-state index in [4.69, 9.17) is 9.05 Å². The number of quaternary nitrogens is 1. The number of amides is 1. The van der Waals surface area contributed by atoms with Crippen LogP contribution in [0, 0.1) is 0 Å². The van der Waals surface area contributed by atoms with Crippen molar-refractivity contribution in [3.05, 3.63) is 12.2 Å². The number of phosphoric ester groups is 1. The summed E-state index contributed by atoms with van der Waals surface area (Å²) in [5.74, 6) is -0.179. The quantitative estimate of drug-likeness (QED) is 0.0260. The van der Waals surface area contributed by atoms with Gasteiger partial charge in [-0.1, -0.05) is 167 Å². The molecule has 0 heterocycles. The molecule has 0 spiro atoms. The van der Waals surface area contributed by atoms with E-state index in [1.165, 1.54) is 122 Å². The van der Waals surface area contributed by atoms with Gasteiger partial charge in [0.25, 0.3) is 0 Å². The maximum Gasteiger partial charge on any atom is 0.472 e. The van der Waals surface area contributed by atoms with Crippen molar-refractivity contribution in [2.45, 2.75) is 193 Å². The predicted molar refractivity (Wildman–Crippen MR) is 203 cm³/mol. The summed E-state index contributed by atoms with van der Waals surface area (Å²) in [6.07, 6.45) is 34.1. The van der Waals surface area contributed by atoms with Crippen LogP contribution in [0.5, 0.6) is 0 Å². The number of unbranched alkanes of at least 4 members (excludes halogenated alkanes) is 23. The zero-order valence-corrected chi connectivity index (χ0v) is 33.1. The molecule has 0 aromatic carbocycles. The highest BCUT2D eigenvalue weighted by Gasteiger charge is 2.27. The van der Waals surface area contributed by atoms with Crippen LogP contribution in [0.15, 0.2) is 12.2 Å². The Morgan fingerprint density at radius 1 is 0.688 bits per heavy atom. The molecule has 1 amide bonds. The number of hydrogen-bond donors (Lipinski definition) is 3. The molecule has 286 valence electrons. The summed E-state index contributed by atoms with van der Waals surface area (Å²) in [6.45, 7) is 4.79. The first-order valence-corrected chi connectivity index (χ1v) is 21.6. The fourth-order valence-corrected chi connectivity index (χ4v) is 6.48. The van der Waals surface area contributed by atoms with E-state index in [0.29, 0.717) is 17.4 Å². The van der Waals surface area contributed by atoms with Gasteiger partial charge in [0.2, 0.25) is 5.91 Å². The molecule has 0 aliphatic heterocycles. The van der Waals surface area contributed by atoms with Crippen molar-refractivity contribution in [3.8, 4) is 0 Å². The zero-order valence-electron chi connectivity index (χ0n) is 32.2. The van der Waals surface area contributed by atoms with Crippen molar-refractivity contribution in [2.24, 2.45) is 0 Å². The minimum atomic E-state index is -4.32. The van der Waals surface area contributed by atoms with Crippen molar-refractivity contribution in [3.63, 3.8) is 0 Å². The van der Waals surface area contributed by atoms with Gasteiger partial charge in [-0.2, -0.15) is 0 Å². The SMILES string of the molecule is CCCCCCCCCCCCCCCC/C=C/[C@H](O)[C@@H](COP(=O)(O)OCC[N+](C)(C)C)NC(=O)CCCCCCCCCCCC. The Hall–Kier alpha value is -0.760. The van der Waals surface area contributed by atoms with Gasteiger partial charge >= 0.3 is 7.82 Å². The summed E-state index contributed by atoms with van der Waals surface area (Å²) >= 11 is 0. The number of aliphatic hydroxyl groups excluding tert-OH is 1. The largest absolute Gasteiger partial charge is 0.472 e. The molecule has 0 aliphatic rings. The summed E-state index contributed by atoms with van der Waals surface area (Å²) < 4.78 is 23.5. The maximum atomic E-state index is 12.8. The lowest BCUT2D eigenvalue weighted by molar-refractivity contribution is -0.870. The van der Waals surface area contributed by atoms with Crippen LogP contribution in [0.1, 0.15) is 181 Å². The molecule has 0 saturated heterocycles. The van der Waals surface area contributed by atoms with Crippen molar-refractivity contribution in [2.75, 3.05) is 40.9 Å². The highest BCUT2D eigenvalue weighted by atomic mass is 31.2. The lowest BCUT2D eigenvalue weighted by Gasteiger charge is -2.25. The highest BCUT2D eigenvalue weighted by molar-refractivity contribution is 7.47. The summed E-state index contributed by atoms with van der Waals surface area (Å²) in [5, 5.41) is 13.8. The van der Waals surface area contributed by atoms with E-state index in [2.05, 4.69) is 19.2 Å². The number of nitrogens with one attached hydrogen (secondary N) is 1. The molecule has 3 N–H and O–H groups in total. The number of carbonyl (C=O) groups is 1. The Kier molecular flexibility index (Phi) is 31.7. The second-order valence-corrected chi connectivity index (χ2v) is 16.5. The van der Waals surface area contributed by atoms with Crippen LogP contribution in [0.25, 0.3) is 0 Å². The first kappa shape index (κ1) is 47.2. The van der Waals surface area contributed by atoms with E-state index in [9.17, 15) is 19.4 Å². The van der Waals surface area contributed by atoms with E-state index in [-0.39, 0.29) is 19.1 Å². The fourth-order valence-electron chi connectivity index (χ4n) is 5.75. The van der Waals surface area contributed by atoms with Gasteiger partial charge in [0.05, 0.1) is 39.9 Å². The molecule has 0 radical (unpaired) electrons. The predicted octanol–water partition coefficient (Wildman–Crippen LogP) is 10.4. The number of rotatable bonds is 36. The van der Waals surface area contributed by atoms with Crippen molar-refractivity contribution < 1.29 is 32.9 Å². The number of hydrogen-bond acceptors (Lipinski definition) is 5. The van der Waals surface area contributed by atoms with Gasteiger partial charge in [0.1, 0.15) is 13.2 Å². The molecule has 0 rings (SSSR count). The van der Waals surface area contributed by atoms with Gasteiger partial charge in [-0.15, -0.1) is 0 Å². The van der Waals surface area contributed by atoms with Gasteiger partial charge < -0.3 is 19.8 Å². The summed E-state index contributed by atoms with van der Waals surface area (Å²) in [7, 11) is 1.58. The second kappa shape index (κ2) is 32.2. The van der Waals surface area contributed by atoms with Crippen LogP contribution in [0.4, 0.5) is 0 Å². The molecule has 3 atom stereocenters. The van der Waals surface area contributed by atoms with Gasteiger partial charge in [-0.25, -0.2) is 4.57 Å². The molecular formula is C39H80N2O6P+. The molecule has 0 bridgehead atoms. The molecular weight excluding hydrogens is 623 g/mol. The van der Waals surface area contributed by atoms with Gasteiger partial charge in [-0.05, 0) is 19.3 Å². The molecule has 0 saturated carbocycles. The number of phosphoric acid groups is 1. The Balaban J connectivity index is 4.47. The maximum absolute atomic E-state index is 12.8. The third-order valence-corrected chi connectivity index (χ3v) is 9.99. The number of allylic oxidation sites excluding steroid dienone is 1. The summed E-state index contributed by atoms with van der Waals surface area (Å²) in [6, 6.07) is -0.837. The summed E-state index contributed by atoms with van der Waals surface area (Å²) in [4.78, 5) is 23.0. The van der Waals surface area contributed by atoms with Gasteiger partial charge in [-0.3, -0.25) is 13.8 Å². The third kappa shape index (κ3) is 33.7. The molecule has 8 nitrogen and oxygen atoms in total. The Labute approximate surface area is 297 Å². The van der Waals surface area contributed by atoms with Crippen LogP contribution in [0.3, 0.4) is 0 Å². The molecule has 0 fully saturated rings. The van der Waals surface area contributed by atoms with Crippen LogP contribution < -0.4 is 5.32 Å². The van der Waals surface area contributed by atoms with E-state index >= 15 is 0 Å². The topological polar surface area (TPSA) is 105 Å². The molecule has 0 aliphatic carbocycles. The first-order chi connectivity index (χ1) is 23.0. The van der Waals surface area contributed by atoms with Crippen molar-refractivity contribution >= 4 is 13.7 Å². The lowest BCUT2D eigenvalue weighted by atomic mass is 10.0. The molecule has 48 heavy (non-hydrogen) atoms. The number of likely N-dealkylation sites (N-methyl/N-ethyl adjacent to an activating group) is 1. The van der Waals surface area contributed by atoms with Crippen molar-refractivity contribution in [1.29, 1.82) is 0 Å². The Bertz CT molecular complexity index is 804. The lowest BCUT2D eigenvalue weighted by Crippen LogP contribution is -2.45. The van der Waals surface area contributed by atoms with Crippen LogP contribution in [-0.2, 0) is 18.4 Å². The van der Waals surface area contributed by atoms with E-state index in [0.717, 1.165) is 38.5 Å². The third-order valence-electron chi connectivity index (χ3n) is 9.01. The summed E-state index contributed by atoms with van der Waals surface area (Å²) in [5.41, 5.74) is 0. The fraction of sp³-hybridized carbons (Fsp3) is 0.923. The van der Waals surface area contributed by atoms with E-state index < -0.39 is 20.0 Å². The zero-order chi connectivity index (χ0) is 35.8. The van der Waals surface area contributed by atoms with Crippen LogP contribution in [0.2, 0.25) is 0 Å². The average molecular weight is 704 g/mol. The van der Waals surface area contributed by atoms with Crippen LogP contribution >= 0.6 is 7.82 Å². The normalized spacial score (nSPS) is 14.7. The smallest absolute Gasteiger partial charge is 0.387 e.